The van der Waals surface area contributed by atoms with Gasteiger partial charge in [0.15, 0.2) is 0 Å². The molecule has 2 fully saturated rings. The van der Waals surface area contributed by atoms with Gasteiger partial charge in [-0.3, -0.25) is 4.90 Å². The van der Waals surface area contributed by atoms with Crippen LogP contribution in [0.25, 0.3) is 0 Å². The molecule has 2 saturated heterocycles. The molecule has 0 aliphatic carbocycles. The van der Waals surface area contributed by atoms with Crippen molar-refractivity contribution in [2.75, 3.05) is 32.8 Å². The number of hydrogen-bond donors (Lipinski definition) is 0. The number of morpholine rings is 1. The Hall–Kier alpha value is -0.120. The van der Waals surface area contributed by atoms with Crippen molar-refractivity contribution < 1.29 is 4.74 Å². The Morgan fingerprint density at radius 3 is 2.73 bits per heavy atom. The van der Waals surface area contributed by atoms with Gasteiger partial charge in [0, 0.05) is 6.54 Å². The maximum Gasteiger partial charge on any atom is 0.0998 e. The van der Waals surface area contributed by atoms with E-state index in [1.165, 1.54) is 25.9 Å². The van der Waals surface area contributed by atoms with Crippen LogP contribution in [0.15, 0.2) is 0 Å². The Morgan fingerprint density at radius 2 is 2.09 bits per heavy atom. The third-order valence-electron chi connectivity index (χ3n) is 2.40. The van der Waals surface area contributed by atoms with Gasteiger partial charge in [0.1, 0.15) is 0 Å². The zero-order valence-corrected chi connectivity index (χ0v) is 6.83. The molecule has 1 radical (unpaired) electrons. The number of rotatable bonds is 1. The highest BCUT2D eigenvalue weighted by Gasteiger charge is 2.24. The van der Waals surface area contributed by atoms with E-state index in [1.807, 2.05) is 0 Å². The monoisotopic (exact) mass is 155 g/mol. The van der Waals surface area contributed by atoms with Gasteiger partial charge in [-0.15, -0.1) is 0 Å². The first-order valence-corrected chi connectivity index (χ1v) is 4.45. The van der Waals surface area contributed by atoms with Crippen LogP contribution in [-0.2, 0) is 4.74 Å². The summed E-state index contributed by atoms with van der Waals surface area (Å²) in [5, 5.41) is 4.51. The Balaban J connectivity index is 1.82. The van der Waals surface area contributed by atoms with Gasteiger partial charge in [0.05, 0.1) is 19.4 Å². The summed E-state index contributed by atoms with van der Waals surface area (Å²) >= 11 is 0. The molecule has 3 heteroatoms. The van der Waals surface area contributed by atoms with Crippen molar-refractivity contribution in [2.45, 2.75) is 19.0 Å². The lowest BCUT2D eigenvalue weighted by Crippen LogP contribution is -2.47. The molecular weight excluding hydrogens is 140 g/mol. The van der Waals surface area contributed by atoms with Crippen LogP contribution < -0.4 is 5.32 Å². The van der Waals surface area contributed by atoms with Crippen molar-refractivity contribution in [1.29, 1.82) is 0 Å². The topological polar surface area (TPSA) is 26.6 Å². The van der Waals surface area contributed by atoms with E-state index in [0.717, 1.165) is 19.8 Å². The maximum atomic E-state index is 5.36. The standard InChI is InChI=1S/C8H15N2O/c1-2-5-10(4-1)8-7-11-6-3-9-8/h8H,1-7H2. The minimum atomic E-state index is 0.381. The van der Waals surface area contributed by atoms with Crippen LogP contribution in [0, 0.1) is 0 Å². The van der Waals surface area contributed by atoms with Crippen molar-refractivity contribution in [3.63, 3.8) is 0 Å². The molecule has 0 spiro atoms. The van der Waals surface area contributed by atoms with Gasteiger partial charge < -0.3 is 4.74 Å². The lowest BCUT2D eigenvalue weighted by molar-refractivity contribution is 0.0157. The smallest absolute Gasteiger partial charge is 0.0998 e. The molecule has 0 amide bonds. The van der Waals surface area contributed by atoms with E-state index in [1.54, 1.807) is 0 Å². The third-order valence-corrected chi connectivity index (χ3v) is 2.40. The average molecular weight is 155 g/mol. The van der Waals surface area contributed by atoms with E-state index < -0.39 is 0 Å². The van der Waals surface area contributed by atoms with Gasteiger partial charge in [-0.25, -0.2) is 5.32 Å². The van der Waals surface area contributed by atoms with Crippen LogP contribution in [0.5, 0.6) is 0 Å². The number of nitrogens with zero attached hydrogens (tertiary/aromatic N) is 2. The second-order valence-corrected chi connectivity index (χ2v) is 3.20. The summed E-state index contributed by atoms with van der Waals surface area (Å²) < 4.78 is 5.36. The minimum Gasteiger partial charge on any atom is -0.377 e. The number of hydrogen-bond acceptors (Lipinski definition) is 2. The van der Waals surface area contributed by atoms with E-state index in [0.29, 0.717) is 6.17 Å². The van der Waals surface area contributed by atoms with Gasteiger partial charge in [-0.1, -0.05) is 0 Å². The van der Waals surface area contributed by atoms with Gasteiger partial charge in [0.2, 0.25) is 0 Å². The molecular formula is C8H15N2O. The van der Waals surface area contributed by atoms with E-state index >= 15 is 0 Å². The summed E-state index contributed by atoms with van der Waals surface area (Å²) in [6, 6.07) is 0. The molecule has 2 aliphatic rings. The fraction of sp³-hybridized carbons (Fsp3) is 1.00. The largest absolute Gasteiger partial charge is 0.377 e. The molecule has 3 nitrogen and oxygen atoms in total. The summed E-state index contributed by atoms with van der Waals surface area (Å²) in [6.45, 7) is 4.97. The van der Waals surface area contributed by atoms with E-state index in [-0.39, 0.29) is 0 Å². The van der Waals surface area contributed by atoms with Gasteiger partial charge in [-0.2, -0.15) is 0 Å². The zero-order chi connectivity index (χ0) is 7.52. The van der Waals surface area contributed by atoms with Crippen LogP contribution in [0.2, 0.25) is 0 Å². The van der Waals surface area contributed by atoms with Gasteiger partial charge in [0.25, 0.3) is 0 Å². The summed E-state index contributed by atoms with van der Waals surface area (Å²) in [5.74, 6) is 0. The normalized spacial score (nSPS) is 34.4. The Morgan fingerprint density at radius 1 is 1.27 bits per heavy atom. The Labute approximate surface area is 67.7 Å². The predicted octanol–water partition coefficient (Wildman–Crippen LogP) is 0.0429. The fourth-order valence-corrected chi connectivity index (χ4v) is 1.77. The molecule has 1 atom stereocenters. The zero-order valence-electron chi connectivity index (χ0n) is 6.83. The number of ether oxygens (including phenoxy) is 1. The molecule has 2 heterocycles. The van der Waals surface area contributed by atoms with E-state index in [4.69, 9.17) is 4.74 Å². The first kappa shape index (κ1) is 7.53. The van der Waals surface area contributed by atoms with Crippen molar-refractivity contribution in [3.05, 3.63) is 0 Å². The Kier molecular flexibility index (Phi) is 2.41. The predicted molar refractivity (Wildman–Crippen MR) is 42.4 cm³/mol. The van der Waals surface area contributed by atoms with Crippen LogP contribution in [-0.4, -0.2) is 43.9 Å². The van der Waals surface area contributed by atoms with Crippen LogP contribution >= 0.6 is 0 Å². The van der Waals surface area contributed by atoms with Crippen molar-refractivity contribution in [2.24, 2.45) is 0 Å². The second-order valence-electron chi connectivity index (χ2n) is 3.20. The molecule has 0 N–H and O–H groups in total. The lowest BCUT2D eigenvalue weighted by atomic mass is 10.4. The molecule has 0 aromatic heterocycles. The van der Waals surface area contributed by atoms with Crippen LogP contribution in [0.1, 0.15) is 12.8 Å². The second kappa shape index (κ2) is 3.52. The molecule has 0 aromatic rings. The maximum absolute atomic E-state index is 5.36. The molecule has 2 rings (SSSR count). The van der Waals surface area contributed by atoms with Crippen LogP contribution in [0.3, 0.4) is 0 Å². The quantitative estimate of drug-likeness (QED) is 0.534. The Bertz CT molecular complexity index is 117. The highest BCUT2D eigenvalue weighted by atomic mass is 16.5. The number of likely N-dealkylation sites (tertiary alicyclic amines) is 1. The highest BCUT2D eigenvalue weighted by molar-refractivity contribution is 4.75. The van der Waals surface area contributed by atoms with Crippen molar-refractivity contribution in [3.8, 4) is 0 Å². The van der Waals surface area contributed by atoms with Crippen LogP contribution in [0.4, 0.5) is 0 Å². The summed E-state index contributed by atoms with van der Waals surface area (Å²) in [6.07, 6.45) is 3.06. The molecule has 0 bridgehead atoms. The molecule has 0 saturated carbocycles. The van der Waals surface area contributed by atoms with Crippen molar-refractivity contribution in [1.82, 2.24) is 10.2 Å². The summed E-state index contributed by atoms with van der Waals surface area (Å²) in [4.78, 5) is 2.43. The molecule has 63 valence electrons. The first-order chi connectivity index (χ1) is 5.47. The van der Waals surface area contributed by atoms with Gasteiger partial charge in [-0.05, 0) is 25.9 Å². The molecule has 0 aromatic carbocycles. The van der Waals surface area contributed by atoms with Crippen molar-refractivity contribution >= 4 is 0 Å². The molecule has 2 aliphatic heterocycles. The third kappa shape index (κ3) is 1.72. The molecule has 11 heavy (non-hydrogen) atoms. The first-order valence-electron chi connectivity index (χ1n) is 4.45. The van der Waals surface area contributed by atoms with E-state index in [2.05, 4.69) is 10.2 Å². The van der Waals surface area contributed by atoms with Gasteiger partial charge >= 0.3 is 0 Å². The minimum absolute atomic E-state index is 0.381. The van der Waals surface area contributed by atoms with E-state index in [9.17, 15) is 0 Å². The summed E-state index contributed by atoms with van der Waals surface area (Å²) in [5.41, 5.74) is 0. The lowest BCUT2D eigenvalue weighted by Gasteiger charge is -2.29. The fourth-order valence-electron chi connectivity index (χ4n) is 1.77. The highest BCUT2D eigenvalue weighted by Crippen LogP contribution is 2.12. The summed E-state index contributed by atoms with van der Waals surface area (Å²) in [7, 11) is 0. The molecule has 1 unspecified atom stereocenters. The average Bonchev–Trinajstić information content (AvgIpc) is 2.58. The SMILES string of the molecule is C1CCN(C2COCC[N]2)C1.